The van der Waals surface area contributed by atoms with E-state index < -0.39 is 0 Å². The van der Waals surface area contributed by atoms with Gasteiger partial charge in [0.2, 0.25) is 0 Å². The zero-order valence-corrected chi connectivity index (χ0v) is 15.7. The van der Waals surface area contributed by atoms with Crippen molar-refractivity contribution < 1.29 is 4.79 Å². The van der Waals surface area contributed by atoms with Gasteiger partial charge in [0.1, 0.15) is 5.71 Å². The molecule has 0 bridgehead atoms. The summed E-state index contributed by atoms with van der Waals surface area (Å²) in [5.74, 6) is -0.155. The van der Waals surface area contributed by atoms with Crippen LogP contribution < -0.4 is 10.3 Å². The molecule has 5 heteroatoms. The van der Waals surface area contributed by atoms with Crippen molar-refractivity contribution in [3.63, 3.8) is 0 Å². The molecule has 1 N–H and O–H groups in total. The Morgan fingerprint density at radius 3 is 2.36 bits per heavy atom. The van der Waals surface area contributed by atoms with E-state index in [2.05, 4.69) is 27.5 Å². The minimum atomic E-state index is -0.183. The molecule has 2 atom stereocenters. The first-order valence-electron chi connectivity index (χ1n) is 9.41. The number of hydrazone groups is 1. The van der Waals surface area contributed by atoms with E-state index in [9.17, 15) is 4.79 Å². The van der Waals surface area contributed by atoms with Crippen LogP contribution in [0.25, 0.3) is 0 Å². The first-order valence-corrected chi connectivity index (χ1v) is 9.41. The van der Waals surface area contributed by atoms with Crippen LogP contribution in [-0.4, -0.2) is 16.6 Å². The monoisotopic (exact) mass is 370 g/mol. The lowest BCUT2D eigenvalue weighted by atomic mass is 10.0. The van der Waals surface area contributed by atoms with Crippen LogP contribution in [0.15, 0.2) is 90.2 Å². The van der Waals surface area contributed by atoms with E-state index in [-0.39, 0.29) is 18.0 Å². The third kappa shape index (κ3) is 3.78. The van der Waals surface area contributed by atoms with Gasteiger partial charge < -0.3 is 5.32 Å². The second-order valence-corrected chi connectivity index (χ2v) is 6.81. The molecule has 140 valence electrons. The summed E-state index contributed by atoms with van der Waals surface area (Å²) in [6.45, 7) is 1.93. The largest absolute Gasteiger partial charge is 0.343 e. The molecule has 0 aliphatic carbocycles. The molecule has 2 heterocycles. The van der Waals surface area contributed by atoms with E-state index in [1.54, 1.807) is 6.20 Å². The maximum absolute atomic E-state index is 12.9. The van der Waals surface area contributed by atoms with E-state index in [0.29, 0.717) is 12.1 Å². The van der Waals surface area contributed by atoms with Crippen LogP contribution >= 0.6 is 0 Å². The highest BCUT2D eigenvalue weighted by atomic mass is 16.2. The number of para-hydroxylation sites is 1. The second-order valence-electron chi connectivity index (χ2n) is 6.81. The topological polar surface area (TPSA) is 57.6 Å². The van der Waals surface area contributed by atoms with Crippen LogP contribution in [0.4, 0.5) is 5.69 Å². The number of nitrogens with one attached hydrogen (secondary N) is 1. The zero-order valence-electron chi connectivity index (χ0n) is 15.7. The lowest BCUT2D eigenvalue weighted by Gasteiger charge is -2.23. The molecular weight excluding hydrogens is 348 g/mol. The van der Waals surface area contributed by atoms with Crippen LogP contribution in [0, 0.1) is 0 Å². The molecule has 0 saturated carbocycles. The van der Waals surface area contributed by atoms with Crippen molar-refractivity contribution >= 4 is 17.3 Å². The zero-order chi connectivity index (χ0) is 19.3. The Morgan fingerprint density at radius 2 is 1.68 bits per heavy atom. The molecule has 4 rings (SSSR count). The number of pyridine rings is 1. The molecule has 2 aromatic carbocycles. The molecule has 1 amide bonds. The van der Waals surface area contributed by atoms with Gasteiger partial charge in [0.15, 0.2) is 0 Å². The summed E-state index contributed by atoms with van der Waals surface area (Å²) in [4.78, 5) is 17.2. The molecule has 0 saturated heterocycles. The van der Waals surface area contributed by atoms with Crippen molar-refractivity contribution in [1.82, 2.24) is 10.3 Å². The smallest absolute Gasteiger partial charge is 0.268 e. The maximum Gasteiger partial charge on any atom is 0.268 e. The molecule has 0 fully saturated rings. The van der Waals surface area contributed by atoms with Crippen molar-refractivity contribution in [1.29, 1.82) is 0 Å². The fraction of sp³-hybridized carbons (Fsp3) is 0.174. The summed E-state index contributed by atoms with van der Waals surface area (Å²) in [6, 6.07) is 25.6. The Kier molecular flexibility index (Phi) is 5.15. The highest BCUT2D eigenvalue weighted by Gasteiger charge is 2.32. The summed E-state index contributed by atoms with van der Waals surface area (Å²) < 4.78 is 0. The molecule has 1 aliphatic rings. The summed E-state index contributed by atoms with van der Waals surface area (Å²) in [5.41, 5.74) is 3.46. The first-order chi connectivity index (χ1) is 13.7. The summed E-state index contributed by atoms with van der Waals surface area (Å²) in [6.07, 6.45) is 2.29. The quantitative estimate of drug-likeness (QED) is 0.730. The van der Waals surface area contributed by atoms with E-state index in [1.807, 2.05) is 78.7 Å². The Labute approximate surface area is 164 Å². The molecule has 0 spiro atoms. The number of anilines is 1. The predicted octanol–water partition coefficient (Wildman–Crippen LogP) is 4.27. The van der Waals surface area contributed by atoms with Crippen molar-refractivity contribution in [2.75, 3.05) is 5.01 Å². The maximum atomic E-state index is 12.9. The number of rotatable bonds is 5. The lowest BCUT2D eigenvalue weighted by Crippen LogP contribution is -2.33. The fourth-order valence-corrected chi connectivity index (χ4v) is 3.39. The third-order valence-electron chi connectivity index (χ3n) is 4.86. The average Bonchev–Trinajstić information content (AvgIpc) is 3.21. The van der Waals surface area contributed by atoms with Crippen molar-refractivity contribution in [2.45, 2.75) is 25.4 Å². The highest BCUT2D eigenvalue weighted by molar-refractivity contribution is 6.39. The van der Waals surface area contributed by atoms with E-state index in [4.69, 9.17) is 0 Å². The lowest BCUT2D eigenvalue weighted by molar-refractivity contribution is -0.115. The van der Waals surface area contributed by atoms with Crippen LogP contribution in [0.2, 0.25) is 0 Å². The number of carbonyl (C=O) groups is 1. The summed E-state index contributed by atoms with van der Waals surface area (Å²) >= 11 is 0. The number of amides is 1. The standard InChI is InChI=1S/C23H22N4O/c1-17(20-14-8-9-15-24-20)25-23(28)21-16-22(18-10-4-2-5-11-18)27(26-21)19-12-6-3-7-13-19/h2-15,17,22H,16H2,1H3,(H,25,28)/t17-,22+/m0/s1. The number of hydrogen-bond donors (Lipinski definition) is 1. The van der Waals surface area contributed by atoms with E-state index >= 15 is 0 Å². The van der Waals surface area contributed by atoms with Gasteiger partial charge in [0.05, 0.1) is 23.5 Å². The summed E-state index contributed by atoms with van der Waals surface area (Å²) in [7, 11) is 0. The van der Waals surface area contributed by atoms with Gasteiger partial charge >= 0.3 is 0 Å². The summed E-state index contributed by atoms with van der Waals surface area (Å²) in [5, 5.41) is 9.64. The van der Waals surface area contributed by atoms with Gasteiger partial charge in [0, 0.05) is 12.6 Å². The van der Waals surface area contributed by atoms with Gasteiger partial charge in [-0.1, -0.05) is 54.6 Å². The highest BCUT2D eigenvalue weighted by Crippen LogP contribution is 2.35. The van der Waals surface area contributed by atoms with Gasteiger partial charge in [-0.2, -0.15) is 5.10 Å². The molecule has 1 aliphatic heterocycles. The van der Waals surface area contributed by atoms with Crippen LogP contribution in [0.1, 0.15) is 36.7 Å². The number of aromatic nitrogens is 1. The van der Waals surface area contributed by atoms with E-state index in [0.717, 1.165) is 16.9 Å². The molecule has 0 unspecified atom stereocenters. The minimum absolute atomic E-state index is 0.00509. The van der Waals surface area contributed by atoms with Gasteiger partial charge in [-0.05, 0) is 36.8 Å². The SMILES string of the molecule is C[C@H](NC(=O)C1=NN(c2ccccc2)[C@@H](c2ccccc2)C1)c1ccccn1. The van der Waals surface area contributed by atoms with Crippen LogP contribution in [-0.2, 0) is 4.79 Å². The molecule has 1 aromatic heterocycles. The van der Waals surface area contributed by atoms with Crippen molar-refractivity contribution in [2.24, 2.45) is 5.10 Å². The Morgan fingerprint density at radius 1 is 1.00 bits per heavy atom. The minimum Gasteiger partial charge on any atom is -0.343 e. The number of nitrogens with zero attached hydrogens (tertiary/aromatic N) is 3. The number of hydrogen-bond acceptors (Lipinski definition) is 4. The Bertz CT molecular complexity index is 958. The normalized spacial score (nSPS) is 17.1. The van der Waals surface area contributed by atoms with E-state index in [1.165, 1.54) is 0 Å². The van der Waals surface area contributed by atoms with Gasteiger partial charge in [-0.3, -0.25) is 14.8 Å². The molecular formula is C23H22N4O. The molecule has 5 nitrogen and oxygen atoms in total. The van der Waals surface area contributed by atoms with Crippen molar-refractivity contribution in [3.8, 4) is 0 Å². The molecule has 0 radical (unpaired) electrons. The van der Waals surface area contributed by atoms with Gasteiger partial charge in [0.25, 0.3) is 5.91 Å². The molecule has 3 aromatic rings. The fourth-order valence-electron chi connectivity index (χ4n) is 3.39. The first kappa shape index (κ1) is 17.9. The number of carbonyl (C=O) groups excluding carboxylic acids is 1. The van der Waals surface area contributed by atoms with Crippen molar-refractivity contribution in [3.05, 3.63) is 96.3 Å². The van der Waals surface area contributed by atoms with Gasteiger partial charge in [-0.15, -0.1) is 0 Å². The third-order valence-corrected chi connectivity index (χ3v) is 4.86. The average molecular weight is 370 g/mol. The van der Waals surface area contributed by atoms with Crippen LogP contribution in [0.3, 0.4) is 0 Å². The Balaban J connectivity index is 1.58. The molecule has 28 heavy (non-hydrogen) atoms. The van der Waals surface area contributed by atoms with Gasteiger partial charge in [-0.25, -0.2) is 0 Å². The second kappa shape index (κ2) is 8.05. The predicted molar refractivity (Wildman–Crippen MR) is 111 cm³/mol. The number of benzene rings is 2. The Hall–Kier alpha value is -3.47. The van der Waals surface area contributed by atoms with Crippen LogP contribution in [0.5, 0.6) is 0 Å².